The first kappa shape index (κ1) is 23.2. The van der Waals surface area contributed by atoms with Crippen molar-refractivity contribution in [2.24, 2.45) is 0 Å². The lowest BCUT2D eigenvalue weighted by molar-refractivity contribution is 0.310. The Balaban J connectivity index is 1.59. The van der Waals surface area contributed by atoms with Crippen molar-refractivity contribution in [3.8, 4) is 5.75 Å². The first-order valence-corrected chi connectivity index (χ1v) is 11.9. The predicted molar refractivity (Wildman–Crippen MR) is 129 cm³/mol. The molecule has 0 aliphatic rings. The van der Waals surface area contributed by atoms with Crippen LogP contribution < -0.4 is 0 Å². The van der Waals surface area contributed by atoms with Crippen LogP contribution in [-0.2, 0) is 19.5 Å². The van der Waals surface area contributed by atoms with Crippen LogP contribution in [0.4, 0.5) is 0 Å². The van der Waals surface area contributed by atoms with Crippen molar-refractivity contribution in [3.63, 3.8) is 0 Å². The Labute approximate surface area is 187 Å². The molecule has 0 amide bonds. The lowest BCUT2D eigenvalue weighted by Gasteiger charge is -2.17. The molecule has 0 spiro atoms. The number of fused-ring (bicyclic) bond motifs is 1. The summed E-state index contributed by atoms with van der Waals surface area (Å²) in [6.45, 7) is 3.70. The predicted octanol–water partition coefficient (Wildman–Crippen LogP) is 6.65. The van der Waals surface area contributed by atoms with E-state index in [-0.39, 0.29) is 0 Å². The largest absolute Gasteiger partial charge is 0.508 e. The second-order valence-corrected chi connectivity index (χ2v) is 8.67. The van der Waals surface area contributed by atoms with Crippen LogP contribution in [0.2, 0.25) is 0 Å². The van der Waals surface area contributed by atoms with Gasteiger partial charge in [-0.1, -0.05) is 82.2 Å². The lowest BCUT2D eigenvalue weighted by atomic mass is 10.0. The Kier molecular flexibility index (Phi) is 9.29. The van der Waals surface area contributed by atoms with E-state index in [0.717, 1.165) is 29.9 Å². The number of hydrogen-bond donors (Lipinski definition) is 1. The van der Waals surface area contributed by atoms with E-state index in [0.29, 0.717) is 12.3 Å². The quantitative estimate of drug-likeness (QED) is 0.315. The highest BCUT2D eigenvalue weighted by molar-refractivity contribution is 5.80. The van der Waals surface area contributed by atoms with Crippen molar-refractivity contribution in [2.45, 2.75) is 77.8 Å². The summed E-state index contributed by atoms with van der Waals surface area (Å²) in [7, 11) is 2.07. The van der Waals surface area contributed by atoms with Gasteiger partial charge in [-0.25, -0.2) is 9.97 Å². The average molecular weight is 420 g/mol. The van der Waals surface area contributed by atoms with E-state index in [9.17, 15) is 5.11 Å². The molecule has 166 valence electrons. The van der Waals surface area contributed by atoms with Crippen LogP contribution >= 0.6 is 0 Å². The highest BCUT2D eigenvalue weighted by atomic mass is 16.3. The molecular weight excluding hydrogens is 382 g/mol. The fraction of sp³-hybridized carbons (Fsp3) is 0.481. The van der Waals surface area contributed by atoms with E-state index in [4.69, 9.17) is 9.97 Å². The van der Waals surface area contributed by atoms with E-state index >= 15 is 0 Å². The normalized spacial score (nSPS) is 11.5. The molecule has 0 saturated heterocycles. The monoisotopic (exact) mass is 419 g/mol. The van der Waals surface area contributed by atoms with E-state index < -0.39 is 0 Å². The van der Waals surface area contributed by atoms with Gasteiger partial charge in [-0.2, -0.15) is 0 Å². The highest BCUT2D eigenvalue weighted by Gasteiger charge is 2.10. The summed E-state index contributed by atoms with van der Waals surface area (Å²) in [6, 6.07) is 15.8. The van der Waals surface area contributed by atoms with Gasteiger partial charge in [-0.05, 0) is 43.7 Å². The van der Waals surface area contributed by atoms with Crippen molar-refractivity contribution in [3.05, 3.63) is 65.6 Å². The van der Waals surface area contributed by atoms with Crippen molar-refractivity contribution in [2.75, 3.05) is 7.05 Å². The van der Waals surface area contributed by atoms with Crippen LogP contribution in [0.1, 0.15) is 75.4 Å². The van der Waals surface area contributed by atoms with Crippen molar-refractivity contribution >= 4 is 10.9 Å². The summed E-state index contributed by atoms with van der Waals surface area (Å²) < 4.78 is 0. The molecule has 0 bridgehead atoms. The summed E-state index contributed by atoms with van der Waals surface area (Å²) in [5.41, 5.74) is 3.30. The summed E-state index contributed by atoms with van der Waals surface area (Å²) in [4.78, 5) is 12.0. The summed E-state index contributed by atoms with van der Waals surface area (Å²) in [5, 5.41) is 10.9. The molecule has 0 fully saturated rings. The number of para-hydroxylation sites is 1. The minimum atomic E-state index is 0.306. The smallest absolute Gasteiger partial charge is 0.143 e. The van der Waals surface area contributed by atoms with Gasteiger partial charge in [0.15, 0.2) is 0 Å². The Morgan fingerprint density at radius 3 is 2.32 bits per heavy atom. The van der Waals surface area contributed by atoms with Gasteiger partial charge >= 0.3 is 0 Å². The first-order chi connectivity index (χ1) is 15.2. The number of rotatable bonds is 13. The number of hydrogen-bond acceptors (Lipinski definition) is 4. The Bertz CT molecular complexity index is 941. The molecule has 0 aliphatic heterocycles. The Morgan fingerprint density at radius 1 is 0.806 bits per heavy atom. The summed E-state index contributed by atoms with van der Waals surface area (Å²) in [5.74, 6) is 1.18. The number of aryl methyl sites for hydroxylation is 1. The van der Waals surface area contributed by atoms with Crippen LogP contribution in [0, 0.1) is 0 Å². The lowest BCUT2D eigenvalue weighted by Crippen LogP contribution is -2.19. The maximum absolute atomic E-state index is 9.70. The standard InChI is InChI=1S/C27H37N3O/c1-3-4-5-6-7-8-9-10-17-25-24-16-11-12-18-26(24)29-27(28-25)21-30(2)20-22-14-13-15-23(31)19-22/h11-16,18-19,31H,3-10,17,20-21H2,1-2H3. The molecule has 4 nitrogen and oxygen atoms in total. The number of aromatic hydroxyl groups is 1. The van der Waals surface area contributed by atoms with Gasteiger partial charge in [0.2, 0.25) is 0 Å². The molecule has 4 heteroatoms. The van der Waals surface area contributed by atoms with Gasteiger partial charge in [-0.3, -0.25) is 4.90 Å². The Morgan fingerprint density at radius 2 is 1.55 bits per heavy atom. The number of phenols is 1. The number of phenolic OH excluding ortho intramolecular Hbond substituents is 1. The molecule has 1 aromatic heterocycles. The molecule has 3 aromatic rings. The molecule has 0 radical (unpaired) electrons. The summed E-state index contributed by atoms with van der Waals surface area (Å²) in [6.07, 6.45) is 11.6. The third-order valence-electron chi connectivity index (χ3n) is 5.77. The van der Waals surface area contributed by atoms with Crippen LogP contribution in [0.3, 0.4) is 0 Å². The van der Waals surface area contributed by atoms with Crippen LogP contribution in [0.25, 0.3) is 10.9 Å². The van der Waals surface area contributed by atoms with Crippen molar-refractivity contribution in [1.29, 1.82) is 0 Å². The average Bonchev–Trinajstić information content (AvgIpc) is 2.75. The SMILES string of the molecule is CCCCCCCCCCc1nc(CN(C)Cc2cccc(O)c2)nc2ccccc12. The minimum absolute atomic E-state index is 0.306. The van der Waals surface area contributed by atoms with Crippen molar-refractivity contribution in [1.82, 2.24) is 14.9 Å². The summed E-state index contributed by atoms with van der Waals surface area (Å²) >= 11 is 0. The number of benzene rings is 2. The fourth-order valence-electron chi connectivity index (χ4n) is 4.15. The third-order valence-corrected chi connectivity index (χ3v) is 5.77. The topological polar surface area (TPSA) is 49.2 Å². The second kappa shape index (κ2) is 12.4. The zero-order chi connectivity index (χ0) is 21.9. The molecule has 1 N–H and O–H groups in total. The highest BCUT2D eigenvalue weighted by Crippen LogP contribution is 2.20. The van der Waals surface area contributed by atoms with Gasteiger partial charge < -0.3 is 5.11 Å². The van der Waals surface area contributed by atoms with E-state index in [1.165, 1.54) is 62.4 Å². The molecule has 1 heterocycles. The molecule has 0 unspecified atom stereocenters. The molecular formula is C27H37N3O. The number of aromatic nitrogens is 2. The third kappa shape index (κ3) is 7.62. The van der Waals surface area contributed by atoms with Crippen LogP contribution in [-0.4, -0.2) is 27.0 Å². The van der Waals surface area contributed by atoms with Gasteiger partial charge in [0.25, 0.3) is 0 Å². The van der Waals surface area contributed by atoms with Gasteiger partial charge in [0.05, 0.1) is 17.8 Å². The second-order valence-electron chi connectivity index (χ2n) is 8.67. The van der Waals surface area contributed by atoms with Crippen LogP contribution in [0.5, 0.6) is 5.75 Å². The zero-order valence-corrected chi connectivity index (χ0v) is 19.2. The molecule has 3 rings (SSSR count). The number of nitrogens with zero attached hydrogens (tertiary/aromatic N) is 3. The first-order valence-electron chi connectivity index (χ1n) is 11.9. The van der Waals surface area contributed by atoms with Gasteiger partial charge in [0.1, 0.15) is 11.6 Å². The molecule has 0 atom stereocenters. The molecule has 0 aliphatic carbocycles. The van der Waals surface area contributed by atoms with Crippen LogP contribution in [0.15, 0.2) is 48.5 Å². The molecule has 2 aromatic carbocycles. The zero-order valence-electron chi connectivity index (χ0n) is 19.2. The van der Waals surface area contributed by atoms with Gasteiger partial charge in [-0.15, -0.1) is 0 Å². The number of unbranched alkanes of at least 4 members (excludes halogenated alkanes) is 7. The maximum Gasteiger partial charge on any atom is 0.143 e. The van der Waals surface area contributed by atoms with Crippen molar-refractivity contribution < 1.29 is 5.11 Å². The Hall–Kier alpha value is -2.46. The van der Waals surface area contributed by atoms with E-state index in [1.54, 1.807) is 6.07 Å². The maximum atomic E-state index is 9.70. The fourth-order valence-corrected chi connectivity index (χ4v) is 4.15. The van der Waals surface area contributed by atoms with E-state index in [2.05, 4.69) is 43.1 Å². The van der Waals surface area contributed by atoms with Gasteiger partial charge in [0, 0.05) is 11.9 Å². The molecule has 31 heavy (non-hydrogen) atoms. The minimum Gasteiger partial charge on any atom is -0.508 e. The van der Waals surface area contributed by atoms with E-state index in [1.807, 2.05) is 18.2 Å². The molecule has 0 saturated carbocycles.